The van der Waals surface area contributed by atoms with Gasteiger partial charge in [0.1, 0.15) is 0 Å². The lowest BCUT2D eigenvalue weighted by atomic mass is 9.84. The van der Waals surface area contributed by atoms with E-state index in [4.69, 9.17) is 14.6 Å². The van der Waals surface area contributed by atoms with Crippen molar-refractivity contribution < 1.29 is 24.2 Å². The van der Waals surface area contributed by atoms with Gasteiger partial charge in [-0.3, -0.25) is 9.59 Å². The van der Waals surface area contributed by atoms with E-state index in [1.54, 1.807) is 18.2 Å². The Morgan fingerprint density at radius 3 is 2.45 bits per heavy atom. The van der Waals surface area contributed by atoms with Crippen LogP contribution in [0.5, 0.6) is 11.5 Å². The van der Waals surface area contributed by atoms with Gasteiger partial charge >= 0.3 is 5.97 Å². The molecule has 2 rings (SSSR count). The first kappa shape index (κ1) is 16.1. The number of carboxylic acid groups (broad SMARTS) is 1. The summed E-state index contributed by atoms with van der Waals surface area (Å²) in [7, 11) is 3.05. The molecule has 0 saturated heterocycles. The quantitative estimate of drug-likeness (QED) is 0.806. The van der Waals surface area contributed by atoms with Gasteiger partial charge in [-0.25, -0.2) is 0 Å². The molecular formula is C16H21NO5. The normalized spacial score (nSPS) is 15.5. The van der Waals surface area contributed by atoms with Gasteiger partial charge in [0.15, 0.2) is 11.5 Å². The van der Waals surface area contributed by atoms with Gasteiger partial charge in [0.25, 0.3) is 0 Å². The van der Waals surface area contributed by atoms with Gasteiger partial charge in [-0.2, -0.15) is 0 Å². The number of nitrogens with one attached hydrogen (secondary N) is 1. The van der Waals surface area contributed by atoms with Crippen LogP contribution in [0.15, 0.2) is 18.2 Å². The van der Waals surface area contributed by atoms with E-state index in [0.29, 0.717) is 17.1 Å². The van der Waals surface area contributed by atoms with Crippen LogP contribution in [0.1, 0.15) is 37.3 Å². The van der Waals surface area contributed by atoms with E-state index in [0.717, 1.165) is 19.3 Å². The Labute approximate surface area is 129 Å². The highest BCUT2D eigenvalue weighted by atomic mass is 16.5. The zero-order chi connectivity index (χ0) is 16.1. The van der Waals surface area contributed by atoms with Crippen LogP contribution in [0.2, 0.25) is 0 Å². The molecule has 1 atom stereocenters. The van der Waals surface area contributed by atoms with Crippen LogP contribution in [0.3, 0.4) is 0 Å². The van der Waals surface area contributed by atoms with Gasteiger partial charge in [-0.1, -0.05) is 12.5 Å². The topological polar surface area (TPSA) is 84.9 Å². The van der Waals surface area contributed by atoms with Crippen LogP contribution < -0.4 is 14.8 Å². The van der Waals surface area contributed by atoms with Crippen LogP contribution in [-0.4, -0.2) is 31.2 Å². The van der Waals surface area contributed by atoms with Crippen molar-refractivity contribution in [1.82, 2.24) is 5.32 Å². The average molecular weight is 307 g/mol. The van der Waals surface area contributed by atoms with Crippen molar-refractivity contribution in [1.29, 1.82) is 0 Å². The van der Waals surface area contributed by atoms with Gasteiger partial charge < -0.3 is 19.9 Å². The summed E-state index contributed by atoms with van der Waals surface area (Å²) in [6.07, 6.45) is 2.63. The first-order valence-corrected chi connectivity index (χ1v) is 7.29. The van der Waals surface area contributed by atoms with E-state index in [-0.39, 0.29) is 18.2 Å². The number of methoxy groups -OCH3 is 2. The van der Waals surface area contributed by atoms with E-state index >= 15 is 0 Å². The molecule has 0 aliphatic heterocycles. The van der Waals surface area contributed by atoms with Gasteiger partial charge in [0, 0.05) is 5.92 Å². The molecule has 120 valence electrons. The van der Waals surface area contributed by atoms with Crippen molar-refractivity contribution in [3.8, 4) is 11.5 Å². The fraction of sp³-hybridized carbons (Fsp3) is 0.500. The summed E-state index contributed by atoms with van der Waals surface area (Å²) in [5.41, 5.74) is 0.688. The summed E-state index contributed by atoms with van der Waals surface area (Å²) in [6.45, 7) is 0. The number of ether oxygens (including phenoxy) is 2. The number of carbonyl (C=O) groups excluding carboxylic acids is 1. The molecule has 6 nitrogen and oxygen atoms in total. The molecule has 1 amide bonds. The van der Waals surface area contributed by atoms with Crippen LogP contribution in [0.25, 0.3) is 0 Å². The minimum Gasteiger partial charge on any atom is -0.493 e. The van der Waals surface area contributed by atoms with Gasteiger partial charge in [0.05, 0.1) is 26.7 Å². The van der Waals surface area contributed by atoms with Crippen molar-refractivity contribution >= 4 is 11.9 Å². The van der Waals surface area contributed by atoms with E-state index < -0.39 is 12.0 Å². The van der Waals surface area contributed by atoms with Crippen molar-refractivity contribution in [3.05, 3.63) is 23.8 Å². The molecule has 22 heavy (non-hydrogen) atoms. The molecular weight excluding hydrogens is 286 g/mol. The van der Waals surface area contributed by atoms with Gasteiger partial charge in [-0.15, -0.1) is 0 Å². The summed E-state index contributed by atoms with van der Waals surface area (Å²) >= 11 is 0. The predicted molar refractivity (Wildman–Crippen MR) is 80.0 cm³/mol. The minimum absolute atomic E-state index is 0.0106. The highest BCUT2D eigenvalue weighted by Crippen LogP contribution is 2.32. The third kappa shape index (κ3) is 3.69. The smallest absolute Gasteiger partial charge is 0.305 e. The Morgan fingerprint density at radius 1 is 1.27 bits per heavy atom. The maximum atomic E-state index is 12.1. The Morgan fingerprint density at radius 2 is 1.95 bits per heavy atom. The molecule has 0 spiro atoms. The minimum atomic E-state index is -0.964. The maximum absolute atomic E-state index is 12.1. The Bertz CT molecular complexity index is 553. The largest absolute Gasteiger partial charge is 0.493 e. The average Bonchev–Trinajstić information content (AvgIpc) is 2.43. The number of benzene rings is 1. The molecule has 0 aromatic heterocycles. The molecule has 1 aliphatic rings. The number of hydrogen-bond donors (Lipinski definition) is 2. The van der Waals surface area contributed by atoms with E-state index in [1.807, 2.05) is 0 Å². The third-order valence-electron chi connectivity index (χ3n) is 3.98. The Kier molecular flexibility index (Phi) is 5.25. The van der Waals surface area contributed by atoms with E-state index in [9.17, 15) is 9.59 Å². The molecule has 0 radical (unpaired) electrons. The monoisotopic (exact) mass is 307 g/mol. The molecule has 1 aliphatic carbocycles. The van der Waals surface area contributed by atoms with Crippen molar-refractivity contribution in [2.45, 2.75) is 31.7 Å². The zero-order valence-electron chi connectivity index (χ0n) is 12.8. The predicted octanol–water partition coefficient (Wildman–Crippen LogP) is 2.14. The first-order valence-electron chi connectivity index (χ1n) is 7.29. The number of amides is 1. The summed E-state index contributed by atoms with van der Waals surface area (Å²) in [5.74, 6) is 0.0383. The van der Waals surface area contributed by atoms with E-state index in [1.165, 1.54) is 14.2 Å². The number of aliphatic carboxylic acids is 1. The SMILES string of the molecule is COc1ccc([C@@H](CC(=O)O)NC(=O)C2CCC2)cc1OC. The van der Waals surface area contributed by atoms with Crippen molar-refractivity contribution in [2.24, 2.45) is 5.92 Å². The second-order valence-corrected chi connectivity index (χ2v) is 5.40. The summed E-state index contributed by atoms with van der Waals surface area (Å²) in [6, 6.07) is 4.58. The van der Waals surface area contributed by atoms with E-state index in [2.05, 4.69) is 5.32 Å². The molecule has 0 heterocycles. The second kappa shape index (κ2) is 7.15. The summed E-state index contributed by atoms with van der Waals surface area (Å²) in [5, 5.41) is 11.9. The fourth-order valence-electron chi connectivity index (χ4n) is 2.46. The number of carbonyl (C=O) groups is 2. The highest BCUT2D eigenvalue weighted by molar-refractivity contribution is 5.80. The van der Waals surface area contributed by atoms with Crippen LogP contribution in [0, 0.1) is 5.92 Å². The van der Waals surface area contributed by atoms with Gasteiger partial charge in [-0.05, 0) is 30.5 Å². The Hall–Kier alpha value is -2.24. The van der Waals surface area contributed by atoms with Crippen molar-refractivity contribution in [3.63, 3.8) is 0 Å². The summed E-state index contributed by atoms with van der Waals surface area (Å²) in [4.78, 5) is 23.2. The van der Waals surface area contributed by atoms with Crippen LogP contribution >= 0.6 is 0 Å². The molecule has 1 aromatic rings. The highest BCUT2D eigenvalue weighted by Gasteiger charge is 2.28. The zero-order valence-corrected chi connectivity index (χ0v) is 12.8. The number of rotatable bonds is 7. The van der Waals surface area contributed by atoms with Crippen LogP contribution in [-0.2, 0) is 9.59 Å². The molecule has 0 unspecified atom stereocenters. The van der Waals surface area contributed by atoms with Crippen molar-refractivity contribution in [2.75, 3.05) is 14.2 Å². The molecule has 1 fully saturated rings. The Balaban J connectivity index is 2.20. The lowest BCUT2D eigenvalue weighted by molar-refractivity contribution is -0.138. The van der Waals surface area contributed by atoms with Gasteiger partial charge in [0.2, 0.25) is 5.91 Å². The molecule has 1 aromatic carbocycles. The fourth-order valence-corrected chi connectivity index (χ4v) is 2.46. The van der Waals surface area contributed by atoms with Crippen LogP contribution in [0.4, 0.5) is 0 Å². The number of carboxylic acids is 1. The third-order valence-corrected chi connectivity index (χ3v) is 3.98. The number of hydrogen-bond acceptors (Lipinski definition) is 4. The maximum Gasteiger partial charge on any atom is 0.305 e. The first-order chi connectivity index (χ1) is 10.5. The standard InChI is InChI=1S/C16H21NO5/c1-21-13-7-6-11(8-14(13)22-2)12(9-15(18)19)17-16(20)10-4-3-5-10/h6-8,10,12H,3-5,9H2,1-2H3,(H,17,20)(H,18,19)/t12-/m1/s1. The summed E-state index contributed by atoms with van der Waals surface area (Å²) < 4.78 is 10.4. The molecule has 6 heteroatoms. The lowest BCUT2D eigenvalue weighted by Gasteiger charge is -2.27. The molecule has 2 N–H and O–H groups in total. The second-order valence-electron chi connectivity index (χ2n) is 5.40. The molecule has 1 saturated carbocycles. The lowest BCUT2D eigenvalue weighted by Crippen LogP contribution is -2.37. The molecule has 0 bridgehead atoms.